The van der Waals surface area contributed by atoms with Crippen LogP contribution in [-0.4, -0.2) is 46.6 Å². The number of sulfonamides is 1. The van der Waals surface area contributed by atoms with Crippen LogP contribution in [0.2, 0.25) is 0 Å². The molecule has 0 bridgehead atoms. The van der Waals surface area contributed by atoms with Gasteiger partial charge in [0.25, 0.3) is 15.9 Å². The largest absolute Gasteiger partial charge is 0.482 e. The van der Waals surface area contributed by atoms with Gasteiger partial charge in [-0.05, 0) is 60.0 Å². The zero-order valence-electron chi connectivity index (χ0n) is 20.9. The molecule has 0 unspecified atom stereocenters. The second-order valence-electron chi connectivity index (χ2n) is 9.18. The highest BCUT2D eigenvalue weighted by Crippen LogP contribution is 2.26. The van der Waals surface area contributed by atoms with Gasteiger partial charge in [-0.3, -0.25) is 9.10 Å². The number of nitrogens with one attached hydrogen (secondary N) is 1. The standard InChI is InChI=1S/C28H32N2O6S/c1-30(37(33,34)26-17-12-21-8-6-7-9-22(21)18-26)24-13-15-25(16-14-24)35-20-28(32)36-19-27(31)29-23-10-4-2-3-5-11-23/h6-9,12-18,23H,2-5,10-11,19-20H2,1H3,(H,29,31). The van der Waals surface area contributed by atoms with E-state index in [9.17, 15) is 18.0 Å². The highest BCUT2D eigenvalue weighted by atomic mass is 32.2. The van der Waals surface area contributed by atoms with Crippen molar-refractivity contribution in [3.63, 3.8) is 0 Å². The van der Waals surface area contributed by atoms with E-state index in [2.05, 4.69) is 5.32 Å². The van der Waals surface area contributed by atoms with Gasteiger partial charge in [0.15, 0.2) is 13.2 Å². The Morgan fingerprint density at radius 1 is 0.892 bits per heavy atom. The van der Waals surface area contributed by atoms with Crippen LogP contribution in [0.5, 0.6) is 5.75 Å². The number of anilines is 1. The van der Waals surface area contributed by atoms with Crippen molar-refractivity contribution in [2.75, 3.05) is 24.6 Å². The van der Waals surface area contributed by atoms with Gasteiger partial charge in [-0.1, -0.05) is 56.0 Å². The third-order valence-corrected chi connectivity index (χ3v) is 8.30. The van der Waals surface area contributed by atoms with E-state index in [1.54, 1.807) is 42.5 Å². The van der Waals surface area contributed by atoms with Gasteiger partial charge in [-0.15, -0.1) is 0 Å². The third kappa shape index (κ3) is 7.01. The van der Waals surface area contributed by atoms with Gasteiger partial charge < -0.3 is 14.8 Å². The minimum atomic E-state index is -3.77. The Balaban J connectivity index is 1.27. The number of ether oxygens (including phenoxy) is 2. The summed E-state index contributed by atoms with van der Waals surface area (Å²) in [6.45, 7) is -0.698. The Bertz CT molecular complexity index is 1330. The lowest BCUT2D eigenvalue weighted by atomic mass is 10.1. The molecule has 0 heterocycles. The summed E-state index contributed by atoms with van der Waals surface area (Å²) in [6, 6.07) is 19.1. The van der Waals surface area contributed by atoms with Crippen LogP contribution < -0.4 is 14.4 Å². The summed E-state index contributed by atoms with van der Waals surface area (Å²) >= 11 is 0. The maximum absolute atomic E-state index is 13.1. The summed E-state index contributed by atoms with van der Waals surface area (Å²) in [5, 5.41) is 4.73. The normalized spacial score (nSPS) is 14.5. The molecule has 3 aromatic rings. The Hall–Kier alpha value is -3.59. The van der Waals surface area contributed by atoms with E-state index in [4.69, 9.17) is 9.47 Å². The van der Waals surface area contributed by atoms with Crippen LogP contribution in [0.1, 0.15) is 38.5 Å². The lowest BCUT2D eigenvalue weighted by molar-refractivity contribution is -0.150. The lowest BCUT2D eigenvalue weighted by Gasteiger charge is -2.20. The molecule has 0 aliphatic heterocycles. The Labute approximate surface area is 217 Å². The molecule has 1 amide bonds. The molecular weight excluding hydrogens is 492 g/mol. The molecule has 1 saturated carbocycles. The topological polar surface area (TPSA) is 102 Å². The molecule has 0 spiro atoms. The fourth-order valence-corrected chi connectivity index (χ4v) is 5.63. The molecular formula is C28H32N2O6S. The second kappa shape index (κ2) is 12.1. The van der Waals surface area contributed by atoms with Gasteiger partial charge >= 0.3 is 5.97 Å². The van der Waals surface area contributed by atoms with Crippen LogP contribution in [-0.2, 0) is 24.3 Å². The molecule has 0 saturated heterocycles. The van der Waals surface area contributed by atoms with E-state index in [0.717, 1.165) is 36.5 Å². The highest BCUT2D eigenvalue weighted by Gasteiger charge is 2.22. The number of esters is 1. The molecule has 3 aromatic carbocycles. The predicted octanol–water partition coefficient (Wildman–Crippen LogP) is 4.43. The van der Waals surface area contributed by atoms with Crippen molar-refractivity contribution in [2.45, 2.75) is 49.5 Å². The fourth-order valence-electron chi connectivity index (χ4n) is 4.40. The van der Waals surface area contributed by atoms with E-state index in [1.165, 1.54) is 24.2 Å². The number of benzene rings is 3. The summed E-state index contributed by atoms with van der Waals surface area (Å²) in [6.07, 6.45) is 6.49. The average Bonchev–Trinajstić information content (AvgIpc) is 3.19. The molecule has 4 rings (SSSR count). The number of hydrogen-bond donors (Lipinski definition) is 1. The number of rotatable bonds is 9. The van der Waals surface area contributed by atoms with Crippen molar-refractivity contribution in [3.8, 4) is 5.75 Å². The SMILES string of the molecule is CN(c1ccc(OCC(=O)OCC(=O)NC2CCCCCC2)cc1)S(=O)(=O)c1ccc2ccccc2c1. The highest BCUT2D eigenvalue weighted by molar-refractivity contribution is 7.92. The average molecular weight is 525 g/mol. The van der Waals surface area contributed by atoms with E-state index >= 15 is 0 Å². The molecule has 0 atom stereocenters. The van der Waals surface area contributed by atoms with Crippen LogP contribution in [0.3, 0.4) is 0 Å². The van der Waals surface area contributed by atoms with Crippen LogP contribution in [0.15, 0.2) is 71.6 Å². The maximum atomic E-state index is 13.1. The number of fused-ring (bicyclic) bond motifs is 1. The molecule has 0 radical (unpaired) electrons. The first kappa shape index (κ1) is 26.5. The Morgan fingerprint density at radius 3 is 2.27 bits per heavy atom. The smallest absolute Gasteiger partial charge is 0.344 e. The second-order valence-corrected chi connectivity index (χ2v) is 11.2. The number of carbonyl (C=O) groups excluding carboxylic acids is 2. The first-order valence-corrected chi connectivity index (χ1v) is 13.9. The van der Waals surface area contributed by atoms with E-state index in [1.807, 2.05) is 24.3 Å². The fraction of sp³-hybridized carbons (Fsp3) is 0.357. The van der Waals surface area contributed by atoms with Gasteiger partial charge in [0.05, 0.1) is 10.6 Å². The van der Waals surface area contributed by atoms with Crippen molar-refractivity contribution in [2.24, 2.45) is 0 Å². The summed E-state index contributed by atoms with van der Waals surface area (Å²) in [5.74, 6) is -0.587. The van der Waals surface area contributed by atoms with Crippen molar-refractivity contribution in [1.29, 1.82) is 0 Å². The molecule has 1 aliphatic carbocycles. The number of nitrogens with zero attached hydrogens (tertiary/aromatic N) is 1. The van der Waals surface area contributed by atoms with E-state index < -0.39 is 16.0 Å². The van der Waals surface area contributed by atoms with E-state index in [0.29, 0.717) is 11.4 Å². The van der Waals surface area contributed by atoms with Crippen molar-refractivity contribution < 1.29 is 27.5 Å². The Kier molecular flexibility index (Phi) is 8.66. The summed E-state index contributed by atoms with van der Waals surface area (Å²) in [5.41, 5.74) is 0.443. The molecule has 37 heavy (non-hydrogen) atoms. The molecule has 1 aliphatic rings. The van der Waals surface area contributed by atoms with Gasteiger partial charge in [0.1, 0.15) is 5.75 Å². The zero-order chi connectivity index (χ0) is 26.3. The summed E-state index contributed by atoms with van der Waals surface area (Å²) < 4.78 is 38.0. The number of amides is 1. The monoisotopic (exact) mass is 524 g/mol. The van der Waals surface area contributed by atoms with Crippen molar-refractivity contribution in [1.82, 2.24) is 5.32 Å². The lowest BCUT2D eigenvalue weighted by Crippen LogP contribution is -2.37. The minimum absolute atomic E-state index is 0.145. The van der Waals surface area contributed by atoms with E-state index in [-0.39, 0.29) is 30.1 Å². The van der Waals surface area contributed by atoms with Crippen molar-refractivity contribution in [3.05, 3.63) is 66.7 Å². The van der Waals surface area contributed by atoms with Gasteiger partial charge in [-0.25, -0.2) is 13.2 Å². The van der Waals surface area contributed by atoms with Crippen molar-refractivity contribution >= 4 is 38.4 Å². The number of hydrogen-bond acceptors (Lipinski definition) is 6. The number of carbonyl (C=O) groups is 2. The molecule has 0 aromatic heterocycles. The molecule has 8 nitrogen and oxygen atoms in total. The summed E-state index contributed by atoms with van der Waals surface area (Å²) in [4.78, 5) is 24.3. The van der Waals surface area contributed by atoms with Crippen LogP contribution in [0.25, 0.3) is 10.8 Å². The molecule has 1 N–H and O–H groups in total. The zero-order valence-corrected chi connectivity index (χ0v) is 21.7. The Morgan fingerprint density at radius 2 is 1.57 bits per heavy atom. The van der Waals surface area contributed by atoms with Crippen LogP contribution in [0, 0.1) is 0 Å². The first-order valence-electron chi connectivity index (χ1n) is 12.5. The maximum Gasteiger partial charge on any atom is 0.344 e. The van der Waals surface area contributed by atoms with Crippen LogP contribution in [0.4, 0.5) is 5.69 Å². The molecule has 9 heteroatoms. The van der Waals surface area contributed by atoms with Crippen LogP contribution >= 0.6 is 0 Å². The van der Waals surface area contributed by atoms with Gasteiger partial charge in [-0.2, -0.15) is 0 Å². The third-order valence-electron chi connectivity index (χ3n) is 6.52. The summed E-state index contributed by atoms with van der Waals surface area (Å²) in [7, 11) is -2.29. The minimum Gasteiger partial charge on any atom is -0.482 e. The first-order chi connectivity index (χ1) is 17.8. The van der Waals surface area contributed by atoms with Gasteiger partial charge in [0.2, 0.25) is 0 Å². The molecule has 1 fully saturated rings. The molecule has 196 valence electrons. The quantitative estimate of drug-likeness (QED) is 0.328. The van der Waals surface area contributed by atoms with Gasteiger partial charge in [0, 0.05) is 13.1 Å². The predicted molar refractivity (Wildman–Crippen MR) is 142 cm³/mol.